The Balaban J connectivity index is 4.05. The van der Waals surface area contributed by atoms with Crippen LogP contribution in [0.25, 0.3) is 0 Å². The molecular formula is C10H19FO. The van der Waals surface area contributed by atoms with Crippen LogP contribution < -0.4 is 0 Å². The highest BCUT2D eigenvalue weighted by molar-refractivity contribution is 5.81. The minimum atomic E-state index is -1.36. The van der Waals surface area contributed by atoms with Gasteiger partial charge in [-0.2, -0.15) is 0 Å². The van der Waals surface area contributed by atoms with Gasteiger partial charge in [-0.3, -0.25) is 4.79 Å². The fourth-order valence-corrected chi connectivity index (χ4v) is 0.947. The van der Waals surface area contributed by atoms with Crippen molar-refractivity contribution in [3.8, 4) is 0 Å². The van der Waals surface area contributed by atoms with E-state index in [0.717, 1.165) is 0 Å². The minimum absolute atomic E-state index is 0.0255. The molecule has 0 saturated heterocycles. The number of rotatable bonds is 4. The minimum Gasteiger partial charge on any atom is -0.299 e. The summed E-state index contributed by atoms with van der Waals surface area (Å²) in [5.41, 5.74) is -1.36. The Bertz CT molecular complexity index is 156. The van der Waals surface area contributed by atoms with Crippen molar-refractivity contribution in [2.24, 2.45) is 11.8 Å². The standard InChI is InChI=1S/C10H19FO/c1-7(2)8(3)9(12)6-10(4,5)11/h7-8H,6H2,1-5H3. The summed E-state index contributed by atoms with van der Waals surface area (Å²) in [4.78, 5) is 11.4. The molecule has 0 aliphatic carbocycles. The maximum absolute atomic E-state index is 13.0. The molecule has 0 spiro atoms. The smallest absolute Gasteiger partial charge is 0.139 e. The molecule has 0 amide bonds. The molecule has 0 aromatic heterocycles. The second-order valence-electron chi connectivity index (χ2n) is 4.39. The van der Waals surface area contributed by atoms with Crippen molar-refractivity contribution in [3.63, 3.8) is 0 Å². The van der Waals surface area contributed by atoms with Crippen molar-refractivity contribution >= 4 is 5.78 Å². The predicted octanol–water partition coefficient (Wildman–Crippen LogP) is 2.99. The monoisotopic (exact) mass is 174 g/mol. The number of hydrogen-bond acceptors (Lipinski definition) is 1. The van der Waals surface area contributed by atoms with E-state index in [2.05, 4.69) is 0 Å². The quantitative estimate of drug-likeness (QED) is 0.640. The van der Waals surface area contributed by atoms with E-state index < -0.39 is 5.67 Å². The topological polar surface area (TPSA) is 17.1 Å². The maximum Gasteiger partial charge on any atom is 0.139 e. The van der Waals surface area contributed by atoms with Gasteiger partial charge < -0.3 is 0 Å². The van der Waals surface area contributed by atoms with Crippen LogP contribution in [0.15, 0.2) is 0 Å². The molecule has 72 valence electrons. The molecule has 0 bridgehead atoms. The number of carbonyl (C=O) groups excluding carboxylic acids is 1. The molecule has 0 heterocycles. The third kappa shape index (κ3) is 4.47. The van der Waals surface area contributed by atoms with E-state index in [1.807, 2.05) is 20.8 Å². The average Bonchev–Trinajstić information content (AvgIpc) is 1.82. The Morgan fingerprint density at radius 3 is 2.00 bits per heavy atom. The molecule has 1 nitrogen and oxygen atoms in total. The SMILES string of the molecule is CC(C)C(C)C(=O)CC(C)(C)F. The van der Waals surface area contributed by atoms with Gasteiger partial charge in [0.15, 0.2) is 0 Å². The first-order chi connectivity index (χ1) is 5.24. The van der Waals surface area contributed by atoms with E-state index in [-0.39, 0.29) is 18.1 Å². The van der Waals surface area contributed by atoms with Gasteiger partial charge in [0.05, 0.1) is 0 Å². The Morgan fingerprint density at radius 2 is 1.75 bits per heavy atom. The van der Waals surface area contributed by atoms with Crippen molar-refractivity contribution < 1.29 is 9.18 Å². The number of hydrogen-bond donors (Lipinski definition) is 0. The molecule has 1 unspecified atom stereocenters. The molecule has 2 heteroatoms. The van der Waals surface area contributed by atoms with Crippen molar-refractivity contribution in [2.45, 2.75) is 46.7 Å². The molecule has 0 fully saturated rings. The Labute approximate surface area is 74.4 Å². The highest BCUT2D eigenvalue weighted by Gasteiger charge is 2.25. The van der Waals surface area contributed by atoms with Crippen LogP contribution in [0.4, 0.5) is 4.39 Å². The van der Waals surface area contributed by atoms with Crippen LogP contribution in [0.1, 0.15) is 41.0 Å². The number of alkyl halides is 1. The van der Waals surface area contributed by atoms with E-state index in [9.17, 15) is 9.18 Å². The van der Waals surface area contributed by atoms with Crippen LogP contribution in [0.3, 0.4) is 0 Å². The summed E-state index contributed by atoms with van der Waals surface area (Å²) in [5.74, 6) is 0.303. The zero-order valence-electron chi connectivity index (χ0n) is 8.65. The molecule has 0 rings (SSSR count). The van der Waals surface area contributed by atoms with Crippen LogP contribution in [-0.4, -0.2) is 11.5 Å². The third-order valence-electron chi connectivity index (χ3n) is 2.10. The summed E-state index contributed by atoms with van der Waals surface area (Å²) in [6.07, 6.45) is 0.0341. The molecular weight excluding hydrogens is 155 g/mol. The van der Waals surface area contributed by atoms with Crippen molar-refractivity contribution in [1.82, 2.24) is 0 Å². The van der Waals surface area contributed by atoms with E-state index >= 15 is 0 Å². The Hall–Kier alpha value is -0.400. The van der Waals surface area contributed by atoms with Crippen molar-refractivity contribution in [2.75, 3.05) is 0 Å². The Kier molecular flexibility index (Phi) is 3.88. The fourth-order valence-electron chi connectivity index (χ4n) is 0.947. The van der Waals surface area contributed by atoms with E-state index in [1.54, 1.807) is 0 Å². The molecule has 0 saturated carbocycles. The molecule has 0 aromatic rings. The van der Waals surface area contributed by atoms with Gasteiger partial charge in [-0.1, -0.05) is 20.8 Å². The number of halogens is 1. The van der Waals surface area contributed by atoms with Crippen LogP contribution in [0.5, 0.6) is 0 Å². The van der Waals surface area contributed by atoms with Gasteiger partial charge in [-0.15, -0.1) is 0 Å². The number of ketones is 1. The largest absolute Gasteiger partial charge is 0.299 e. The van der Waals surface area contributed by atoms with Gasteiger partial charge in [0.25, 0.3) is 0 Å². The lowest BCUT2D eigenvalue weighted by Crippen LogP contribution is -2.25. The molecule has 0 aliphatic rings. The van der Waals surface area contributed by atoms with Gasteiger partial charge in [0.2, 0.25) is 0 Å². The fraction of sp³-hybridized carbons (Fsp3) is 0.900. The average molecular weight is 174 g/mol. The number of Topliss-reactive ketones (excluding diaryl/α,β-unsaturated/α-hetero) is 1. The zero-order chi connectivity index (χ0) is 9.94. The zero-order valence-corrected chi connectivity index (χ0v) is 8.65. The van der Waals surface area contributed by atoms with Crippen LogP contribution in [0.2, 0.25) is 0 Å². The summed E-state index contributed by atoms with van der Waals surface area (Å²) >= 11 is 0. The predicted molar refractivity (Wildman–Crippen MR) is 48.8 cm³/mol. The van der Waals surface area contributed by atoms with E-state index in [4.69, 9.17) is 0 Å². The molecule has 1 atom stereocenters. The molecule has 0 N–H and O–H groups in total. The van der Waals surface area contributed by atoms with Crippen LogP contribution in [0, 0.1) is 11.8 Å². The van der Waals surface area contributed by atoms with Gasteiger partial charge in [-0.05, 0) is 19.8 Å². The lowest BCUT2D eigenvalue weighted by Gasteiger charge is -2.18. The molecule has 12 heavy (non-hydrogen) atoms. The summed E-state index contributed by atoms with van der Waals surface area (Å²) in [7, 11) is 0. The van der Waals surface area contributed by atoms with Crippen LogP contribution >= 0.6 is 0 Å². The van der Waals surface area contributed by atoms with Crippen molar-refractivity contribution in [3.05, 3.63) is 0 Å². The first-order valence-electron chi connectivity index (χ1n) is 4.45. The van der Waals surface area contributed by atoms with Crippen LogP contribution in [-0.2, 0) is 4.79 Å². The summed E-state index contributed by atoms with van der Waals surface area (Å²) in [6.45, 7) is 8.70. The molecule has 0 aliphatic heterocycles. The van der Waals surface area contributed by atoms with Gasteiger partial charge in [0, 0.05) is 12.3 Å². The van der Waals surface area contributed by atoms with E-state index in [1.165, 1.54) is 13.8 Å². The lowest BCUT2D eigenvalue weighted by molar-refractivity contribution is -0.125. The second kappa shape index (κ2) is 4.01. The number of carbonyl (C=O) groups is 1. The first kappa shape index (κ1) is 11.6. The summed E-state index contributed by atoms with van der Waals surface area (Å²) in [5, 5.41) is 0. The highest BCUT2D eigenvalue weighted by Crippen LogP contribution is 2.20. The normalized spacial score (nSPS) is 14.9. The van der Waals surface area contributed by atoms with Gasteiger partial charge in [-0.25, -0.2) is 4.39 Å². The van der Waals surface area contributed by atoms with E-state index in [0.29, 0.717) is 5.92 Å². The highest BCUT2D eigenvalue weighted by atomic mass is 19.1. The van der Waals surface area contributed by atoms with Crippen molar-refractivity contribution in [1.29, 1.82) is 0 Å². The first-order valence-corrected chi connectivity index (χ1v) is 4.45. The maximum atomic E-state index is 13.0. The summed E-state index contributed by atoms with van der Waals surface area (Å²) in [6, 6.07) is 0. The lowest BCUT2D eigenvalue weighted by atomic mass is 9.88. The Morgan fingerprint density at radius 1 is 1.33 bits per heavy atom. The molecule has 0 radical (unpaired) electrons. The van der Waals surface area contributed by atoms with Gasteiger partial charge in [0.1, 0.15) is 11.5 Å². The third-order valence-corrected chi connectivity index (χ3v) is 2.10. The molecule has 0 aromatic carbocycles. The second-order valence-corrected chi connectivity index (χ2v) is 4.39. The van der Waals surface area contributed by atoms with Gasteiger partial charge >= 0.3 is 0 Å². The summed E-state index contributed by atoms with van der Waals surface area (Å²) < 4.78 is 13.0.